The van der Waals surface area contributed by atoms with Crippen LogP contribution in [0, 0.1) is 5.82 Å². The second-order valence-electron chi connectivity index (χ2n) is 3.00. The SMILES string of the molecule is Fc1cc(Cl)cnc1Oc1cccc(Cl)c1. The minimum Gasteiger partial charge on any atom is -0.436 e. The zero-order valence-electron chi connectivity index (χ0n) is 7.95. The molecular formula is C11H6Cl2FNO. The third kappa shape index (κ3) is 2.62. The van der Waals surface area contributed by atoms with Gasteiger partial charge in [0.15, 0.2) is 5.82 Å². The van der Waals surface area contributed by atoms with E-state index in [9.17, 15) is 4.39 Å². The van der Waals surface area contributed by atoms with Gasteiger partial charge in [-0.25, -0.2) is 9.37 Å². The molecule has 0 bridgehead atoms. The average molecular weight is 258 g/mol. The van der Waals surface area contributed by atoms with Gasteiger partial charge in [-0.05, 0) is 24.3 Å². The molecule has 2 aromatic rings. The molecule has 0 N–H and O–H groups in total. The second kappa shape index (κ2) is 4.68. The van der Waals surface area contributed by atoms with Crippen molar-refractivity contribution in [3.8, 4) is 11.6 Å². The zero-order valence-corrected chi connectivity index (χ0v) is 9.47. The fourth-order valence-electron chi connectivity index (χ4n) is 1.12. The van der Waals surface area contributed by atoms with Crippen LogP contribution in [-0.4, -0.2) is 4.98 Å². The topological polar surface area (TPSA) is 22.1 Å². The van der Waals surface area contributed by atoms with Gasteiger partial charge in [-0.3, -0.25) is 0 Å². The van der Waals surface area contributed by atoms with Crippen LogP contribution in [0.5, 0.6) is 11.6 Å². The van der Waals surface area contributed by atoms with Gasteiger partial charge in [0, 0.05) is 11.2 Å². The molecule has 0 fully saturated rings. The summed E-state index contributed by atoms with van der Waals surface area (Å²) >= 11 is 11.3. The number of hydrogen-bond donors (Lipinski definition) is 0. The van der Waals surface area contributed by atoms with Crippen LogP contribution in [-0.2, 0) is 0 Å². The molecule has 2 rings (SSSR count). The molecule has 0 saturated heterocycles. The first-order valence-electron chi connectivity index (χ1n) is 4.39. The summed E-state index contributed by atoms with van der Waals surface area (Å²) in [5, 5.41) is 0.725. The molecule has 0 saturated carbocycles. The highest BCUT2D eigenvalue weighted by Crippen LogP contribution is 2.25. The van der Waals surface area contributed by atoms with Gasteiger partial charge in [-0.15, -0.1) is 0 Å². The number of halogens is 3. The van der Waals surface area contributed by atoms with Crippen LogP contribution in [0.3, 0.4) is 0 Å². The van der Waals surface area contributed by atoms with Gasteiger partial charge < -0.3 is 4.74 Å². The Bertz CT molecular complexity index is 519. The number of hydrogen-bond acceptors (Lipinski definition) is 2. The molecule has 5 heteroatoms. The van der Waals surface area contributed by atoms with E-state index in [0.717, 1.165) is 6.07 Å². The van der Waals surface area contributed by atoms with Crippen LogP contribution < -0.4 is 4.74 Å². The molecule has 0 unspecified atom stereocenters. The van der Waals surface area contributed by atoms with E-state index in [1.165, 1.54) is 6.20 Å². The van der Waals surface area contributed by atoms with Crippen molar-refractivity contribution in [2.24, 2.45) is 0 Å². The Morgan fingerprint density at radius 3 is 2.62 bits per heavy atom. The summed E-state index contributed by atoms with van der Waals surface area (Å²) in [6.45, 7) is 0. The summed E-state index contributed by atoms with van der Waals surface area (Å²) < 4.78 is 18.5. The maximum absolute atomic E-state index is 13.3. The van der Waals surface area contributed by atoms with Crippen molar-refractivity contribution in [2.45, 2.75) is 0 Å². The molecule has 1 aromatic heterocycles. The number of pyridine rings is 1. The van der Waals surface area contributed by atoms with E-state index in [4.69, 9.17) is 27.9 Å². The van der Waals surface area contributed by atoms with Crippen molar-refractivity contribution in [2.75, 3.05) is 0 Å². The van der Waals surface area contributed by atoms with Crippen LogP contribution in [0.15, 0.2) is 36.5 Å². The standard InChI is InChI=1S/C11H6Cl2FNO/c12-7-2-1-3-9(4-7)16-11-10(14)5-8(13)6-15-11/h1-6H. The summed E-state index contributed by atoms with van der Waals surface area (Å²) in [5.41, 5.74) is 0. The number of benzene rings is 1. The normalized spacial score (nSPS) is 10.2. The van der Waals surface area contributed by atoms with Crippen molar-refractivity contribution < 1.29 is 9.13 Å². The number of nitrogens with zero attached hydrogens (tertiary/aromatic N) is 1. The largest absolute Gasteiger partial charge is 0.436 e. The summed E-state index contributed by atoms with van der Waals surface area (Å²) in [7, 11) is 0. The Labute approximate surface area is 102 Å². The lowest BCUT2D eigenvalue weighted by Crippen LogP contribution is -1.91. The lowest BCUT2D eigenvalue weighted by Gasteiger charge is -2.05. The van der Waals surface area contributed by atoms with Crippen molar-refractivity contribution >= 4 is 23.2 Å². The fourth-order valence-corrected chi connectivity index (χ4v) is 1.44. The quantitative estimate of drug-likeness (QED) is 0.800. The molecule has 0 spiro atoms. The molecule has 0 aliphatic rings. The maximum atomic E-state index is 13.3. The molecule has 0 atom stereocenters. The van der Waals surface area contributed by atoms with Gasteiger partial charge >= 0.3 is 0 Å². The van der Waals surface area contributed by atoms with E-state index < -0.39 is 5.82 Å². The molecular weight excluding hydrogens is 252 g/mol. The highest BCUT2D eigenvalue weighted by atomic mass is 35.5. The highest BCUT2D eigenvalue weighted by molar-refractivity contribution is 6.30. The Morgan fingerprint density at radius 2 is 1.94 bits per heavy atom. The predicted molar refractivity (Wildman–Crippen MR) is 60.7 cm³/mol. The number of ether oxygens (including phenoxy) is 1. The van der Waals surface area contributed by atoms with E-state index in [2.05, 4.69) is 4.98 Å². The summed E-state index contributed by atoms with van der Waals surface area (Å²) in [6, 6.07) is 7.75. The lowest BCUT2D eigenvalue weighted by atomic mass is 10.3. The first-order valence-corrected chi connectivity index (χ1v) is 5.15. The molecule has 2 nitrogen and oxygen atoms in total. The Kier molecular flexibility index (Phi) is 3.27. The van der Waals surface area contributed by atoms with Crippen LogP contribution in [0.25, 0.3) is 0 Å². The van der Waals surface area contributed by atoms with Gasteiger partial charge in [-0.2, -0.15) is 0 Å². The van der Waals surface area contributed by atoms with Crippen molar-refractivity contribution in [1.82, 2.24) is 4.98 Å². The average Bonchev–Trinajstić information content (AvgIpc) is 2.22. The minimum atomic E-state index is -0.618. The molecule has 0 amide bonds. The predicted octanol–water partition coefficient (Wildman–Crippen LogP) is 4.32. The van der Waals surface area contributed by atoms with Crippen LogP contribution in [0.1, 0.15) is 0 Å². The van der Waals surface area contributed by atoms with E-state index in [1.54, 1.807) is 24.3 Å². The fraction of sp³-hybridized carbons (Fsp3) is 0. The lowest BCUT2D eigenvalue weighted by molar-refractivity contribution is 0.423. The monoisotopic (exact) mass is 257 g/mol. The summed E-state index contributed by atoms with van der Waals surface area (Å²) in [6.07, 6.45) is 1.31. The third-order valence-corrected chi connectivity index (χ3v) is 2.23. The van der Waals surface area contributed by atoms with E-state index >= 15 is 0 Å². The van der Waals surface area contributed by atoms with Crippen LogP contribution in [0.2, 0.25) is 10.0 Å². The Morgan fingerprint density at radius 1 is 1.12 bits per heavy atom. The molecule has 0 radical (unpaired) electrons. The molecule has 0 aliphatic carbocycles. The van der Waals surface area contributed by atoms with E-state index in [-0.39, 0.29) is 10.9 Å². The Hall–Kier alpha value is -1.32. The van der Waals surface area contributed by atoms with Crippen LogP contribution >= 0.6 is 23.2 Å². The van der Waals surface area contributed by atoms with Crippen molar-refractivity contribution in [3.63, 3.8) is 0 Å². The smallest absolute Gasteiger partial charge is 0.255 e. The summed E-state index contributed by atoms with van der Waals surface area (Å²) in [4.78, 5) is 3.73. The number of aromatic nitrogens is 1. The van der Waals surface area contributed by atoms with E-state index in [1.807, 2.05) is 0 Å². The van der Waals surface area contributed by atoms with Gasteiger partial charge in [0.1, 0.15) is 5.75 Å². The third-order valence-electron chi connectivity index (χ3n) is 1.78. The van der Waals surface area contributed by atoms with Gasteiger partial charge in [0.25, 0.3) is 5.88 Å². The molecule has 16 heavy (non-hydrogen) atoms. The zero-order chi connectivity index (χ0) is 11.5. The second-order valence-corrected chi connectivity index (χ2v) is 3.87. The molecule has 1 heterocycles. The van der Waals surface area contributed by atoms with E-state index in [0.29, 0.717) is 10.8 Å². The minimum absolute atomic E-state index is 0.133. The van der Waals surface area contributed by atoms with Gasteiger partial charge in [-0.1, -0.05) is 29.3 Å². The highest BCUT2D eigenvalue weighted by Gasteiger charge is 2.07. The van der Waals surface area contributed by atoms with Crippen molar-refractivity contribution in [1.29, 1.82) is 0 Å². The first-order chi connectivity index (χ1) is 7.65. The Balaban J connectivity index is 2.27. The van der Waals surface area contributed by atoms with Gasteiger partial charge in [0.2, 0.25) is 0 Å². The van der Waals surface area contributed by atoms with Gasteiger partial charge in [0.05, 0.1) is 5.02 Å². The summed E-state index contributed by atoms with van der Waals surface area (Å²) in [5.74, 6) is -0.333. The molecule has 0 aliphatic heterocycles. The van der Waals surface area contributed by atoms with Crippen LogP contribution in [0.4, 0.5) is 4.39 Å². The molecule has 82 valence electrons. The van der Waals surface area contributed by atoms with Crippen molar-refractivity contribution in [3.05, 3.63) is 52.4 Å². The molecule has 1 aromatic carbocycles. The first kappa shape index (κ1) is 11.2. The maximum Gasteiger partial charge on any atom is 0.255 e. The number of rotatable bonds is 2.